The van der Waals surface area contributed by atoms with Gasteiger partial charge in [0.25, 0.3) is 0 Å². The third-order valence-electron chi connectivity index (χ3n) is 2.55. The molecule has 17 heavy (non-hydrogen) atoms. The predicted octanol–water partition coefficient (Wildman–Crippen LogP) is 4.66. The van der Waals surface area contributed by atoms with Gasteiger partial charge in [-0.1, -0.05) is 43.0 Å². The van der Waals surface area contributed by atoms with Crippen LogP contribution in [-0.2, 0) is 0 Å². The summed E-state index contributed by atoms with van der Waals surface area (Å²) in [5.74, 6) is 0.929. The maximum Gasteiger partial charge on any atom is 0.127 e. The van der Waals surface area contributed by atoms with Crippen molar-refractivity contribution >= 4 is 16.8 Å². The van der Waals surface area contributed by atoms with E-state index in [0.29, 0.717) is 0 Å². The molecule has 0 radical (unpaired) electrons. The van der Waals surface area contributed by atoms with Gasteiger partial charge in [-0.2, -0.15) is 0 Å². The molecule has 0 saturated carbocycles. The van der Waals surface area contributed by atoms with Crippen molar-refractivity contribution in [2.75, 3.05) is 0 Å². The van der Waals surface area contributed by atoms with Crippen LogP contribution in [0.3, 0.4) is 0 Å². The molecule has 0 unspecified atom stereocenters. The number of ether oxygens (including phenoxy) is 1. The van der Waals surface area contributed by atoms with E-state index in [1.165, 1.54) is 5.39 Å². The third-order valence-corrected chi connectivity index (χ3v) is 2.55. The Balaban J connectivity index is 2.62. The Morgan fingerprint density at radius 1 is 1.00 bits per heavy atom. The summed E-state index contributed by atoms with van der Waals surface area (Å²) in [6, 6.07) is 12.3. The molecule has 2 aromatic carbocycles. The van der Waals surface area contributed by atoms with Crippen molar-refractivity contribution in [2.45, 2.75) is 26.4 Å². The lowest BCUT2D eigenvalue weighted by molar-refractivity contribution is 0.133. The van der Waals surface area contributed by atoms with Crippen molar-refractivity contribution in [3.63, 3.8) is 0 Å². The zero-order valence-corrected chi connectivity index (χ0v) is 10.7. The second-order valence-electron chi connectivity index (χ2n) is 5.12. The number of benzene rings is 2. The topological polar surface area (TPSA) is 9.23 Å². The molecule has 0 aliphatic heterocycles. The average Bonchev–Trinajstić information content (AvgIpc) is 2.28. The van der Waals surface area contributed by atoms with Gasteiger partial charge in [-0.25, -0.2) is 0 Å². The van der Waals surface area contributed by atoms with Gasteiger partial charge in [-0.3, -0.25) is 0 Å². The van der Waals surface area contributed by atoms with E-state index < -0.39 is 0 Å². The van der Waals surface area contributed by atoms with E-state index in [9.17, 15) is 0 Å². The maximum absolute atomic E-state index is 5.98. The Labute approximate surface area is 103 Å². The van der Waals surface area contributed by atoms with Crippen LogP contribution < -0.4 is 4.74 Å². The third kappa shape index (κ3) is 2.50. The number of fused-ring (bicyclic) bond motifs is 1. The van der Waals surface area contributed by atoms with Crippen molar-refractivity contribution < 1.29 is 4.74 Å². The molecule has 0 saturated heterocycles. The lowest BCUT2D eigenvalue weighted by Gasteiger charge is -2.22. The van der Waals surface area contributed by atoms with Crippen LogP contribution in [0.15, 0.2) is 43.0 Å². The summed E-state index contributed by atoms with van der Waals surface area (Å²) >= 11 is 0. The van der Waals surface area contributed by atoms with Crippen LogP contribution >= 0.6 is 0 Å². The van der Waals surface area contributed by atoms with Crippen molar-refractivity contribution in [2.24, 2.45) is 0 Å². The lowest BCUT2D eigenvalue weighted by Crippen LogP contribution is -2.23. The van der Waals surface area contributed by atoms with Crippen LogP contribution in [0.4, 0.5) is 0 Å². The highest BCUT2D eigenvalue weighted by Crippen LogP contribution is 2.31. The van der Waals surface area contributed by atoms with Crippen LogP contribution in [0.1, 0.15) is 26.3 Å². The molecule has 0 spiro atoms. The first-order valence-corrected chi connectivity index (χ1v) is 5.84. The van der Waals surface area contributed by atoms with E-state index in [1.807, 2.05) is 24.3 Å². The Bertz CT molecular complexity index is 547. The van der Waals surface area contributed by atoms with Crippen LogP contribution in [0.25, 0.3) is 16.8 Å². The smallest absolute Gasteiger partial charge is 0.127 e. The van der Waals surface area contributed by atoms with E-state index in [0.717, 1.165) is 16.7 Å². The Morgan fingerprint density at radius 2 is 1.65 bits per heavy atom. The lowest BCUT2D eigenvalue weighted by atomic mass is 10.0. The van der Waals surface area contributed by atoms with Gasteiger partial charge < -0.3 is 4.74 Å². The Morgan fingerprint density at radius 3 is 2.24 bits per heavy atom. The van der Waals surface area contributed by atoms with E-state index in [-0.39, 0.29) is 5.60 Å². The van der Waals surface area contributed by atoms with Crippen LogP contribution in [0.2, 0.25) is 0 Å². The molecule has 0 aromatic heterocycles. The van der Waals surface area contributed by atoms with E-state index >= 15 is 0 Å². The first-order valence-electron chi connectivity index (χ1n) is 5.84. The summed E-state index contributed by atoms with van der Waals surface area (Å²) in [5, 5.41) is 2.32. The van der Waals surface area contributed by atoms with Gasteiger partial charge in [0.15, 0.2) is 0 Å². The summed E-state index contributed by atoms with van der Waals surface area (Å²) in [6.45, 7) is 10.0. The molecule has 88 valence electrons. The Kier molecular flexibility index (Phi) is 2.93. The highest BCUT2D eigenvalue weighted by Gasteiger charge is 2.14. The van der Waals surface area contributed by atoms with Crippen LogP contribution in [0, 0.1) is 0 Å². The molecular weight excluding hydrogens is 208 g/mol. The number of rotatable bonds is 2. The minimum Gasteiger partial charge on any atom is -0.488 e. The molecule has 0 amide bonds. The van der Waals surface area contributed by atoms with Gasteiger partial charge >= 0.3 is 0 Å². The predicted molar refractivity (Wildman–Crippen MR) is 74.4 cm³/mol. The van der Waals surface area contributed by atoms with E-state index in [1.54, 1.807) is 0 Å². The second-order valence-corrected chi connectivity index (χ2v) is 5.12. The molecule has 0 heterocycles. The highest BCUT2D eigenvalue weighted by atomic mass is 16.5. The Hall–Kier alpha value is -1.76. The zero-order chi connectivity index (χ0) is 12.5. The summed E-state index contributed by atoms with van der Waals surface area (Å²) < 4.78 is 5.98. The van der Waals surface area contributed by atoms with Gasteiger partial charge in [0.05, 0.1) is 0 Å². The second kappa shape index (κ2) is 4.25. The molecule has 2 aromatic rings. The SMILES string of the molecule is C=Cc1ccc(OC(C)(C)C)c2ccccc12. The van der Waals surface area contributed by atoms with Gasteiger partial charge in [0.1, 0.15) is 11.4 Å². The average molecular weight is 226 g/mol. The minimum atomic E-state index is -0.182. The van der Waals surface area contributed by atoms with Crippen molar-refractivity contribution in [3.05, 3.63) is 48.5 Å². The van der Waals surface area contributed by atoms with Crippen molar-refractivity contribution in [1.29, 1.82) is 0 Å². The van der Waals surface area contributed by atoms with E-state index in [2.05, 4.69) is 45.5 Å². The summed E-state index contributed by atoms with van der Waals surface area (Å²) in [5.41, 5.74) is 0.959. The summed E-state index contributed by atoms with van der Waals surface area (Å²) in [4.78, 5) is 0. The largest absolute Gasteiger partial charge is 0.488 e. The number of hydrogen-bond donors (Lipinski definition) is 0. The molecule has 2 rings (SSSR count). The first kappa shape index (κ1) is 11.7. The fourth-order valence-electron chi connectivity index (χ4n) is 1.89. The van der Waals surface area contributed by atoms with Crippen molar-refractivity contribution in [3.8, 4) is 5.75 Å². The maximum atomic E-state index is 5.98. The van der Waals surface area contributed by atoms with E-state index in [4.69, 9.17) is 4.74 Å². The first-order chi connectivity index (χ1) is 8.01. The molecule has 1 nitrogen and oxygen atoms in total. The molecule has 0 atom stereocenters. The molecular formula is C16H18O. The molecule has 0 aliphatic carbocycles. The fourth-order valence-corrected chi connectivity index (χ4v) is 1.89. The minimum absolute atomic E-state index is 0.182. The molecule has 0 bridgehead atoms. The molecule has 0 aliphatic rings. The summed E-state index contributed by atoms with van der Waals surface area (Å²) in [6.07, 6.45) is 1.88. The molecule has 0 N–H and O–H groups in total. The van der Waals surface area contributed by atoms with Gasteiger partial charge in [-0.05, 0) is 37.8 Å². The standard InChI is InChI=1S/C16H18O/c1-5-12-10-11-15(17-16(2,3)4)14-9-7-6-8-13(12)14/h5-11H,1H2,2-4H3. The van der Waals surface area contributed by atoms with Crippen LogP contribution in [0.5, 0.6) is 5.75 Å². The fraction of sp³-hybridized carbons (Fsp3) is 0.250. The van der Waals surface area contributed by atoms with Gasteiger partial charge in [0.2, 0.25) is 0 Å². The van der Waals surface area contributed by atoms with Gasteiger partial charge in [-0.15, -0.1) is 0 Å². The van der Waals surface area contributed by atoms with Crippen LogP contribution in [-0.4, -0.2) is 5.60 Å². The van der Waals surface area contributed by atoms with Gasteiger partial charge in [0, 0.05) is 5.39 Å². The zero-order valence-electron chi connectivity index (χ0n) is 10.7. The highest BCUT2D eigenvalue weighted by molar-refractivity contribution is 5.94. The molecule has 0 fully saturated rings. The molecule has 1 heteroatoms. The number of hydrogen-bond acceptors (Lipinski definition) is 1. The quantitative estimate of drug-likeness (QED) is 0.723. The normalized spacial score (nSPS) is 11.5. The monoisotopic (exact) mass is 226 g/mol. The summed E-state index contributed by atoms with van der Waals surface area (Å²) in [7, 11) is 0. The van der Waals surface area contributed by atoms with Crippen molar-refractivity contribution in [1.82, 2.24) is 0 Å².